The van der Waals surface area contributed by atoms with Gasteiger partial charge in [0.05, 0.1) is 17.9 Å². The first kappa shape index (κ1) is 16.6. The molecule has 126 valence electrons. The third kappa shape index (κ3) is 4.41. The minimum absolute atomic E-state index is 0.159. The third-order valence-electron chi connectivity index (χ3n) is 3.85. The van der Waals surface area contributed by atoms with Gasteiger partial charge in [0, 0.05) is 18.5 Å². The van der Waals surface area contributed by atoms with E-state index >= 15 is 0 Å². The second-order valence-electron chi connectivity index (χ2n) is 5.64. The predicted molar refractivity (Wildman–Crippen MR) is 98.5 cm³/mol. The minimum Gasteiger partial charge on any atom is -0.343 e. The summed E-state index contributed by atoms with van der Waals surface area (Å²) in [5, 5.41) is 2.98. The molecule has 1 amide bonds. The van der Waals surface area contributed by atoms with Gasteiger partial charge in [-0.15, -0.1) is 0 Å². The van der Waals surface area contributed by atoms with E-state index in [1.54, 1.807) is 24.7 Å². The Bertz CT molecular complexity index is 840. The molecule has 2 heterocycles. The summed E-state index contributed by atoms with van der Waals surface area (Å²) < 4.78 is 0. The van der Waals surface area contributed by atoms with Crippen LogP contribution >= 0.6 is 0 Å². The molecule has 1 atom stereocenters. The quantitative estimate of drug-likeness (QED) is 0.675. The molecule has 2 aromatic heterocycles. The Labute approximate surface area is 146 Å². The highest BCUT2D eigenvalue weighted by molar-refractivity contribution is 5.91. The number of aromatic amines is 1. The van der Waals surface area contributed by atoms with Crippen LogP contribution in [0, 0.1) is 0 Å². The first-order chi connectivity index (χ1) is 12.3. The van der Waals surface area contributed by atoms with Gasteiger partial charge < -0.3 is 10.3 Å². The molecule has 3 rings (SSSR count). The summed E-state index contributed by atoms with van der Waals surface area (Å²) in [6, 6.07) is 13.6. The highest BCUT2D eigenvalue weighted by Crippen LogP contribution is 2.20. The second-order valence-corrected chi connectivity index (χ2v) is 5.64. The Kier molecular flexibility index (Phi) is 5.36. The number of hydrogen-bond donors (Lipinski definition) is 2. The number of imidazole rings is 1. The highest BCUT2D eigenvalue weighted by atomic mass is 16.1. The monoisotopic (exact) mass is 332 g/mol. The van der Waals surface area contributed by atoms with Crippen LogP contribution in [0.15, 0.2) is 67.1 Å². The van der Waals surface area contributed by atoms with Gasteiger partial charge in [-0.2, -0.15) is 0 Å². The summed E-state index contributed by atoms with van der Waals surface area (Å²) >= 11 is 0. The van der Waals surface area contributed by atoms with E-state index in [0.717, 1.165) is 29.1 Å². The summed E-state index contributed by atoms with van der Waals surface area (Å²) in [5.74, 6) is 0.595. The highest BCUT2D eigenvalue weighted by Gasteiger charge is 2.15. The molecule has 0 radical (unpaired) electrons. The van der Waals surface area contributed by atoms with E-state index in [0.29, 0.717) is 0 Å². The number of aromatic nitrogens is 3. The number of carbonyl (C=O) groups excluding carboxylic acids is 1. The van der Waals surface area contributed by atoms with Crippen molar-refractivity contribution in [3.05, 3.63) is 78.5 Å². The van der Waals surface area contributed by atoms with Crippen LogP contribution < -0.4 is 5.32 Å². The van der Waals surface area contributed by atoms with Crippen molar-refractivity contribution in [2.24, 2.45) is 0 Å². The molecule has 0 spiro atoms. The molecule has 0 fully saturated rings. The van der Waals surface area contributed by atoms with Gasteiger partial charge in [0.2, 0.25) is 5.91 Å². The number of nitrogens with one attached hydrogen (secondary N) is 2. The average molecular weight is 332 g/mol. The SMILES string of the molecule is CC[C@@H](NC(=O)/C=C\c1cccnc1)c1ncc(-c2ccccc2)[nH]1. The van der Waals surface area contributed by atoms with Crippen LogP contribution in [0.4, 0.5) is 0 Å². The average Bonchev–Trinajstić information content (AvgIpc) is 3.16. The maximum atomic E-state index is 12.2. The number of nitrogens with zero attached hydrogens (tertiary/aromatic N) is 2. The van der Waals surface area contributed by atoms with Crippen molar-refractivity contribution >= 4 is 12.0 Å². The van der Waals surface area contributed by atoms with Crippen LogP contribution in [-0.2, 0) is 4.79 Å². The van der Waals surface area contributed by atoms with Crippen LogP contribution in [0.5, 0.6) is 0 Å². The first-order valence-electron chi connectivity index (χ1n) is 8.25. The van der Waals surface area contributed by atoms with Crippen LogP contribution in [0.1, 0.15) is 30.8 Å². The van der Waals surface area contributed by atoms with Gasteiger partial charge in [0.15, 0.2) is 0 Å². The molecule has 1 aromatic carbocycles. The standard InChI is InChI=1S/C20H20N4O/c1-2-17(23-19(25)11-10-15-7-6-12-21-13-15)20-22-14-18(24-20)16-8-4-3-5-9-16/h3-14,17H,2H2,1H3,(H,22,24)(H,23,25)/b11-10-/t17-/m1/s1. The fraction of sp³-hybridized carbons (Fsp3) is 0.150. The normalized spacial score (nSPS) is 12.2. The lowest BCUT2D eigenvalue weighted by atomic mass is 10.2. The summed E-state index contributed by atoms with van der Waals surface area (Å²) in [5.41, 5.74) is 2.89. The molecule has 0 unspecified atom stereocenters. The van der Waals surface area contributed by atoms with Crippen molar-refractivity contribution in [1.82, 2.24) is 20.3 Å². The van der Waals surface area contributed by atoms with Crippen LogP contribution in [0.3, 0.4) is 0 Å². The number of H-pyrrole nitrogens is 1. The largest absolute Gasteiger partial charge is 0.343 e. The number of pyridine rings is 1. The molecule has 0 bridgehead atoms. The van der Waals surface area contributed by atoms with E-state index in [2.05, 4.69) is 20.3 Å². The zero-order valence-corrected chi connectivity index (χ0v) is 14.0. The Morgan fingerprint density at radius 1 is 1.20 bits per heavy atom. The van der Waals surface area contributed by atoms with Crippen LogP contribution in [0.25, 0.3) is 17.3 Å². The first-order valence-corrected chi connectivity index (χ1v) is 8.25. The van der Waals surface area contributed by atoms with Gasteiger partial charge in [-0.05, 0) is 29.7 Å². The fourth-order valence-electron chi connectivity index (χ4n) is 2.51. The summed E-state index contributed by atoms with van der Waals surface area (Å²) in [7, 11) is 0. The van der Waals surface area contributed by atoms with E-state index in [9.17, 15) is 4.79 Å². The molecule has 0 saturated carbocycles. The van der Waals surface area contributed by atoms with Crippen LogP contribution in [-0.4, -0.2) is 20.9 Å². The van der Waals surface area contributed by atoms with Crippen molar-refractivity contribution in [3.8, 4) is 11.3 Å². The lowest BCUT2D eigenvalue weighted by Crippen LogP contribution is -2.27. The van der Waals surface area contributed by atoms with Crippen molar-refractivity contribution in [2.45, 2.75) is 19.4 Å². The Morgan fingerprint density at radius 3 is 2.76 bits per heavy atom. The lowest BCUT2D eigenvalue weighted by molar-refractivity contribution is -0.117. The zero-order chi connectivity index (χ0) is 17.5. The molecule has 5 nitrogen and oxygen atoms in total. The number of hydrogen-bond acceptors (Lipinski definition) is 3. The van der Waals surface area contributed by atoms with E-state index < -0.39 is 0 Å². The van der Waals surface area contributed by atoms with Crippen LogP contribution in [0.2, 0.25) is 0 Å². The topological polar surface area (TPSA) is 70.7 Å². The molecule has 5 heteroatoms. The summed E-state index contributed by atoms with van der Waals surface area (Å²) in [4.78, 5) is 23.9. The maximum Gasteiger partial charge on any atom is 0.244 e. The Balaban J connectivity index is 1.67. The summed E-state index contributed by atoms with van der Waals surface area (Å²) in [6.07, 6.45) is 9.21. The summed E-state index contributed by atoms with van der Waals surface area (Å²) in [6.45, 7) is 2.01. The van der Waals surface area contributed by atoms with Gasteiger partial charge in [0.25, 0.3) is 0 Å². The number of rotatable bonds is 6. The van der Waals surface area contributed by atoms with Crippen molar-refractivity contribution in [2.75, 3.05) is 0 Å². The van der Waals surface area contributed by atoms with Gasteiger partial charge in [-0.3, -0.25) is 9.78 Å². The predicted octanol–water partition coefficient (Wildman–Crippen LogP) is 3.75. The Hall–Kier alpha value is -3.21. The molecule has 25 heavy (non-hydrogen) atoms. The van der Waals surface area contributed by atoms with Gasteiger partial charge in [-0.1, -0.05) is 43.3 Å². The molecule has 0 aliphatic heterocycles. The number of benzene rings is 1. The molecule has 0 saturated heterocycles. The van der Waals surface area contributed by atoms with E-state index in [1.165, 1.54) is 6.08 Å². The van der Waals surface area contributed by atoms with Gasteiger partial charge in [-0.25, -0.2) is 4.98 Å². The smallest absolute Gasteiger partial charge is 0.244 e. The second kappa shape index (κ2) is 8.06. The van der Waals surface area contributed by atoms with E-state index in [-0.39, 0.29) is 11.9 Å². The molecule has 0 aliphatic rings. The minimum atomic E-state index is -0.163. The lowest BCUT2D eigenvalue weighted by Gasteiger charge is -2.13. The molecule has 3 aromatic rings. The maximum absolute atomic E-state index is 12.2. The zero-order valence-electron chi connectivity index (χ0n) is 14.0. The molecule has 2 N–H and O–H groups in total. The van der Waals surface area contributed by atoms with E-state index in [1.807, 2.05) is 49.4 Å². The number of amides is 1. The Morgan fingerprint density at radius 2 is 2.04 bits per heavy atom. The van der Waals surface area contributed by atoms with Gasteiger partial charge in [0.1, 0.15) is 5.82 Å². The molecule has 0 aliphatic carbocycles. The van der Waals surface area contributed by atoms with Crippen molar-refractivity contribution < 1.29 is 4.79 Å². The van der Waals surface area contributed by atoms with E-state index in [4.69, 9.17) is 0 Å². The van der Waals surface area contributed by atoms with Crippen molar-refractivity contribution in [3.63, 3.8) is 0 Å². The van der Waals surface area contributed by atoms with Gasteiger partial charge >= 0.3 is 0 Å². The molecular formula is C20H20N4O. The number of carbonyl (C=O) groups is 1. The third-order valence-corrected chi connectivity index (χ3v) is 3.85. The van der Waals surface area contributed by atoms with Crippen molar-refractivity contribution in [1.29, 1.82) is 0 Å². The molecular weight excluding hydrogens is 312 g/mol. The fourth-order valence-corrected chi connectivity index (χ4v) is 2.51.